The molecular weight excluding hydrogens is 499 g/mol. The van der Waals surface area contributed by atoms with E-state index in [1.807, 2.05) is 24.3 Å². The zero-order chi connectivity index (χ0) is 25.5. The van der Waals surface area contributed by atoms with Gasteiger partial charge in [0.25, 0.3) is 0 Å². The summed E-state index contributed by atoms with van der Waals surface area (Å²) in [5, 5.41) is 22.6. The number of fused-ring (bicyclic) bond motifs is 1. The predicted octanol–water partition coefficient (Wildman–Crippen LogP) is 6.11. The van der Waals surface area contributed by atoms with E-state index in [-0.39, 0.29) is 17.8 Å². The lowest BCUT2D eigenvalue weighted by Crippen LogP contribution is -2.42. The maximum atomic E-state index is 13.3. The maximum absolute atomic E-state index is 13.3. The number of ether oxygens (including phenoxy) is 1. The minimum atomic E-state index is -0.753. The first kappa shape index (κ1) is 27.1. The van der Waals surface area contributed by atoms with Gasteiger partial charge in [0.2, 0.25) is 0 Å². The van der Waals surface area contributed by atoms with Crippen molar-refractivity contribution >= 4 is 34.3 Å². The number of likely N-dealkylation sites (tertiary alicyclic amines) is 1. The Morgan fingerprint density at radius 2 is 2.03 bits per heavy atom. The number of hydrogen-bond donors (Lipinski definition) is 2. The van der Waals surface area contributed by atoms with Crippen LogP contribution in [0.2, 0.25) is 5.02 Å². The van der Waals surface area contributed by atoms with Crippen LogP contribution >= 0.6 is 23.4 Å². The number of aliphatic hydroxyl groups excluding tert-OH is 2. The number of methoxy groups -OCH3 is 1. The fourth-order valence-corrected chi connectivity index (χ4v) is 6.15. The highest BCUT2D eigenvalue weighted by atomic mass is 35.5. The van der Waals surface area contributed by atoms with Crippen molar-refractivity contribution in [3.05, 3.63) is 65.1 Å². The SMILES string of the molecule is COc1ccc2ncc(Cl)c(C(O)CCC3(CO)CCN(CCCSc4cccc(F)c4)CC3)c2c1. The quantitative estimate of drug-likeness (QED) is 0.229. The molecule has 36 heavy (non-hydrogen) atoms. The molecule has 194 valence electrons. The van der Waals surface area contributed by atoms with E-state index < -0.39 is 6.10 Å². The normalized spacial score (nSPS) is 16.8. The summed E-state index contributed by atoms with van der Waals surface area (Å²) in [5.74, 6) is 1.44. The molecule has 0 amide bonds. The number of pyridine rings is 1. The van der Waals surface area contributed by atoms with Crippen molar-refractivity contribution < 1.29 is 19.3 Å². The van der Waals surface area contributed by atoms with Gasteiger partial charge in [0.1, 0.15) is 11.6 Å². The lowest BCUT2D eigenvalue weighted by Gasteiger charge is -2.41. The van der Waals surface area contributed by atoms with E-state index >= 15 is 0 Å². The number of rotatable bonds is 11. The number of aromatic nitrogens is 1. The van der Waals surface area contributed by atoms with Crippen LogP contribution in [-0.4, -0.2) is 59.2 Å². The van der Waals surface area contributed by atoms with Crippen molar-refractivity contribution in [3.8, 4) is 5.75 Å². The van der Waals surface area contributed by atoms with Crippen LogP contribution in [0.4, 0.5) is 4.39 Å². The van der Waals surface area contributed by atoms with Gasteiger partial charge in [-0.3, -0.25) is 4.98 Å². The topological polar surface area (TPSA) is 65.8 Å². The lowest BCUT2D eigenvalue weighted by atomic mass is 9.74. The second kappa shape index (κ2) is 12.6. The highest BCUT2D eigenvalue weighted by Crippen LogP contribution is 2.40. The van der Waals surface area contributed by atoms with Crippen molar-refractivity contribution in [3.63, 3.8) is 0 Å². The standard InChI is InChI=1S/C28H34ClFN2O3S/c1-35-21-6-7-25-23(17-21)27(24(29)18-31-25)26(34)8-9-28(19-33)10-13-32(14-11-28)12-3-15-36-22-5-2-4-20(30)16-22/h2,4-7,16-18,26,33-34H,3,8-15,19H2,1H3. The summed E-state index contributed by atoms with van der Waals surface area (Å²) in [5.41, 5.74) is 1.23. The number of thioether (sulfide) groups is 1. The Labute approximate surface area is 221 Å². The molecule has 0 aliphatic carbocycles. The molecule has 2 aromatic carbocycles. The Hall–Kier alpha value is -1.90. The summed E-state index contributed by atoms with van der Waals surface area (Å²) in [7, 11) is 1.61. The second-order valence-corrected chi connectivity index (χ2v) is 11.2. The molecule has 1 aromatic heterocycles. The van der Waals surface area contributed by atoms with Gasteiger partial charge in [0.05, 0.1) is 23.8 Å². The average Bonchev–Trinajstić information content (AvgIpc) is 2.90. The molecule has 1 aliphatic heterocycles. The Bertz CT molecular complexity index is 1160. The minimum absolute atomic E-state index is 0.113. The molecule has 2 heterocycles. The molecule has 8 heteroatoms. The van der Waals surface area contributed by atoms with Gasteiger partial charge >= 0.3 is 0 Å². The smallest absolute Gasteiger partial charge is 0.124 e. The lowest BCUT2D eigenvalue weighted by molar-refractivity contribution is 0.0238. The van der Waals surface area contributed by atoms with Gasteiger partial charge in [-0.15, -0.1) is 11.8 Å². The van der Waals surface area contributed by atoms with Crippen LogP contribution in [0.5, 0.6) is 5.75 Å². The van der Waals surface area contributed by atoms with Crippen LogP contribution in [0, 0.1) is 11.2 Å². The molecule has 5 nitrogen and oxygen atoms in total. The van der Waals surface area contributed by atoms with Gasteiger partial charge < -0.3 is 19.8 Å². The molecule has 0 saturated carbocycles. The summed E-state index contributed by atoms with van der Waals surface area (Å²) in [6, 6.07) is 12.3. The van der Waals surface area contributed by atoms with Gasteiger partial charge in [-0.25, -0.2) is 4.39 Å². The van der Waals surface area contributed by atoms with Gasteiger partial charge in [-0.2, -0.15) is 0 Å². The van der Waals surface area contributed by atoms with Gasteiger partial charge in [0, 0.05) is 28.6 Å². The number of benzene rings is 2. The maximum Gasteiger partial charge on any atom is 0.124 e. The zero-order valence-electron chi connectivity index (χ0n) is 20.6. The summed E-state index contributed by atoms with van der Waals surface area (Å²) in [6.45, 7) is 2.96. The molecule has 1 atom stereocenters. The molecule has 1 fully saturated rings. The van der Waals surface area contributed by atoms with Crippen LogP contribution in [0.25, 0.3) is 10.9 Å². The fraction of sp³-hybridized carbons (Fsp3) is 0.464. The first-order valence-corrected chi connectivity index (χ1v) is 13.8. The molecule has 4 rings (SSSR count). The molecule has 0 radical (unpaired) electrons. The van der Waals surface area contributed by atoms with Gasteiger partial charge in [-0.05, 0) is 99.3 Å². The van der Waals surface area contributed by atoms with Crippen LogP contribution < -0.4 is 4.74 Å². The first-order chi connectivity index (χ1) is 17.4. The van der Waals surface area contributed by atoms with E-state index in [2.05, 4.69) is 9.88 Å². The van der Waals surface area contributed by atoms with E-state index in [1.54, 1.807) is 37.2 Å². The van der Waals surface area contributed by atoms with Crippen LogP contribution in [-0.2, 0) is 0 Å². The summed E-state index contributed by atoms with van der Waals surface area (Å²) in [6.07, 6.45) is 4.89. The third-order valence-corrected chi connectivity index (χ3v) is 8.67. The summed E-state index contributed by atoms with van der Waals surface area (Å²) >= 11 is 8.15. The fourth-order valence-electron chi connectivity index (χ4n) is 4.99. The van der Waals surface area contributed by atoms with Gasteiger partial charge in [0.15, 0.2) is 0 Å². The number of piperidine rings is 1. The molecule has 1 aliphatic rings. The van der Waals surface area contributed by atoms with Crippen LogP contribution in [0.1, 0.15) is 43.8 Å². The van der Waals surface area contributed by atoms with E-state index in [9.17, 15) is 14.6 Å². The summed E-state index contributed by atoms with van der Waals surface area (Å²) in [4.78, 5) is 7.78. The molecule has 2 N–H and O–H groups in total. The Kier molecular flexibility index (Phi) is 9.47. The highest BCUT2D eigenvalue weighted by Gasteiger charge is 2.34. The first-order valence-electron chi connectivity index (χ1n) is 12.4. The third-order valence-electron chi connectivity index (χ3n) is 7.29. The number of aliphatic hydroxyl groups is 2. The average molecular weight is 533 g/mol. The van der Waals surface area contributed by atoms with Crippen LogP contribution in [0.15, 0.2) is 53.6 Å². The van der Waals surface area contributed by atoms with E-state index in [4.69, 9.17) is 16.3 Å². The van der Waals surface area contributed by atoms with E-state index in [0.717, 1.165) is 66.9 Å². The predicted molar refractivity (Wildman–Crippen MR) is 144 cm³/mol. The summed E-state index contributed by atoms with van der Waals surface area (Å²) < 4.78 is 18.7. The minimum Gasteiger partial charge on any atom is -0.497 e. The Balaban J connectivity index is 1.29. The number of hydrogen-bond acceptors (Lipinski definition) is 6. The Morgan fingerprint density at radius 1 is 1.22 bits per heavy atom. The monoisotopic (exact) mass is 532 g/mol. The number of halogens is 2. The van der Waals surface area contributed by atoms with Crippen molar-refractivity contribution in [1.29, 1.82) is 0 Å². The molecule has 3 aromatic rings. The van der Waals surface area contributed by atoms with E-state index in [1.165, 1.54) is 6.07 Å². The van der Waals surface area contributed by atoms with Crippen molar-refractivity contribution in [2.75, 3.05) is 39.1 Å². The molecule has 1 saturated heterocycles. The molecule has 0 bridgehead atoms. The van der Waals surface area contributed by atoms with Crippen molar-refractivity contribution in [1.82, 2.24) is 9.88 Å². The zero-order valence-corrected chi connectivity index (χ0v) is 22.2. The van der Waals surface area contributed by atoms with Gasteiger partial charge in [-0.1, -0.05) is 17.7 Å². The van der Waals surface area contributed by atoms with Crippen molar-refractivity contribution in [2.24, 2.45) is 5.41 Å². The molecule has 1 unspecified atom stereocenters. The largest absolute Gasteiger partial charge is 0.497 e. The van der Waals surface area contributed by atoms with Crippen LogP contribution in [0.3, 0.4) is 0 Å². The molecular formula is C28H34ClFN2O3S. The van der Waals surface area contributed by atoms with E-state index in [0.29, 0.717) is 22.8 Å². The van der Waals surface area contributed by atoms with Crippen molar-refractivity contribution in [2.45, 2.75) is 43.1 Å². The second-order valence-electron chi connectivity index (χ2n) is 9.62. The Morgan fingerprint density at radius 3 is 2.75 bits per heavy atom. The third kappa shape index (κ3) is 6.69. The number of nitrogens with zero attached hydrogens (tertiary/aromatic N) is 2. The highest BCUT2D eigenvalue weighted by molar-refractivity contribution is 7.99. The molecule has 0 spiro atoms.